The zero-order valence-electron chi connectivity index (χ0n) is 5.61. The molecule has 0 fully saturated rings. The zero-order valence-corrected chi connectivity index (χ0v) is 5.61. The quantitative estimate of drug-likeness (QED) is 0.462. The van der Waals surface area contributed by atoms with E-state index in [1.54, 1.807) is 24.3 Å². The molecular weight excluding hydrogens is 146 g/mol. The van der Waals surface area contributed by atoms with Crippen molar-refractivity contribution in [2.75, 3.05) is 5.32 Å². The summed E-state index contributed by atoms with van der Waals surface area (Å²) in [7, 11) is 0. The zero-order chi connectivity index (χ0) is 7.90. The summed E-state index contributed by atoms with van der Waals surface area (Å²) >= 11 is 0. The number of hydrogen-bond acceptors (Lipinski definition) is 4. The van der Waals surface area contributed by atoms with E-state index < -0.39 is 6.10 Å². The van der Waals surface area contributed by atoms with Crippen molar-refractivity contribution < 1.29 is 14.9 Å². The van der Waals surface area contributed by atoms with E-state index in [-0.39, 0.29) is 0 Å². The lowest BCUT2D eigenvalue weighted by molar-refractivity contribution is -0.261. The van der Waals surface area contributed by atoms with E-state index >= 15 is 0 Å². The molecule has 0 amide bonds. The predicted molar refractivity (Wildman–Crippen MR) is 37.9 cm³/mol. The molecule has 0 bridgehead atoms. The first kappa shape index (κ1) is 6.45. The average Bonchev–Trinajstić information content (AvgIpc) is 2.21. The molecule has 0 saturated carbocycles. The maximum atomic E-state index is 8.94. The van der Waals surface area contributed by atoms with Crippen LogP contribution in [0.4, 0.5) is 5.69 Å². The molecule has 11 heavy (non-hydrogen) atoms. The summed E-state index contributed by atoms with van der Waals surface area (Å²) in [6, 6.07) is 6.87. The maximum absolute atomic E-state index is 8.94. The minimum Gasteiger partial charge on any atom is -0.420 e. The van der Waals surface area contributed by atoms with Gasteiger partial charge in [-0.05, 0) is 12.1 Å². The molecule has 1 aliphatic heterocycles. The van der Waals surface area contributed by atoms with Crippen LogP contribution in [0.25, 0.3) is 0 Å². The first-order chi connectivity index (χ1) is 5.17. The van der Waals surface area contributed by atoms with Gasteiger partial charge in [0.15, 0.2) is 5.75 Å². The van der Waals surface area contributed by atoms with Gasteiger partial charge in [-0.1, -0.05) is 12.1 Å². The van der Waals surface area contributed by atoms with Gasteiger partial charge in [0.2, 0.25) is 0 Å². The first-order valence-corrected chi connectivity index (χ1v) is 3.18. The van der Waals surface area contributed by atoms with Crippen LogP contribution in [0.5, 0.6) is 5.75 Å². The van der Waals surface area contributed by atoms with Crippen LogP contribution in [-0.2, 0) is 0 Å². The van der Waals surface area contributed by atoms with E-state index in [4.69, 9.17) is 14.9 Å². The fourth-order valence-corrected chi connectivity index (χ4v) is 1.01. The van der Waals surface area contributed by atoms with Crippen molar-refractivity contribution in [2.24, 2.45) is 0 Å². The minimum atomic E-state index is -2.25. The Bertz CT molecular complexity index is 258. The molecule has 0 saturated heterocycles. The largest absolute Gasteiger partial charge is 0.420 e. The van der Waals surface area contributed by atoms with Crippen molar-refractivity contribution in [3.8, 4) is 5.75 Å². The number of benzene rings is 1. The molecule has 58 valence electrons. The Labute approximate surface area is 63.0 Å². The molecule has 3 N–H and O–H groups in total. The van der Waals surface area contributed by atoms with Crippen LogP contribution in [0.2, 0.25) is 0 Å². The normalized spacial score (nSPS) is 18.4. The Balaban J connectivity index is 2.41. The lowest BCUT2D eigenvalue weighted by Crippen LogP contribution is -2.39. The highest BCUT2D eigenvalue weighted by molar-refractivity contribution is 5.59. The molecule has 0 aliphatic carbocycles. The van der Waals surface area contributed by atoms with Gasteiger partial charge in [0, 0.05) is 0 Å². The average molecular weight is 153 g/mol. The fraction of sp³-hybridized carbons (Fsp3) is 0.143. The van der Waals surface area contributed by atoms with Crippen molar-refractivity contribution in [3.63, 3.8) is 0 Å². The van der Waals surface area contributed by atoms with Gasteiger partial charge in [-0.3, -0.25) is 5.32 Å². The summed E-state index contributed by atoms with van der Waals surface area (Å²) in [6.07, 6.45) is -2.25. The van der Waals surface area contributed by atoms with Gasteiger partial charge in [0.1, 0.15) is 0 Å². The van der Waals surface area contributed by atoms with Crippen LogP contribution in [0, 0.1) is 0 Å². The highest BCUT2D eigenvalue weighted by Crippen LogP contribution is 2.33. The summed E-state index contributed by atoms with van der Waals surface area (Å²) in [4.78, 5) is 0. The number of aliphatic hydroxyl groups is 2. The first-order valence-electron chi connectivity index (χ1n) is 3.18. The van der Waals surface area contributed by atoms with E-state index in [9.17, 15) is 0 Å². The van der Waals surface area contributed by atoms with Crippen molar-refractivity contribution in [1.29, 1.82) is 0 Å². The predicted octanol–water partition coefficient (Wildman–Crippen LogP) is 0.0868. The van der Waals surface area contributed by atoms with Gasteiger partial charge in [-0.2, -0.15) is 0 Å². The van der Waals surface area contributed by atoms with Crippen LogP contribution < -0.4 is 10.1 Å². The number of anilines is 1. The highest BCUT2D eigenvalue weighted by atomic mass is 16.8. The summed E-state index contributed by atoms with van der Waals surface area (Å²) in [5.74, 6) is 0.442. The molecule has 4 nitrogen and oxygen atoms in total. The van der Waals surface area contributed by atoms with E-state index in [2.05, 4.69) is 5.32 Å². The Morgan fingerprint density at radius 3 is 2.73 bits per heavy atom. The Hall–Kier alpha value is -1.26. The van der Waals surface area contributed by atoms with Crippen LogP contribution in [0.1, 0.15) is 0 Å². The maximum Gasteiger partial charge on any atom is 0.416 e. The third-order valence-electron chi connectivity index (χ3n) is 1.44. The second kappa shape index (κ2) is 1.87. The molecule has 1 heterocycles. The van der Waals surface area contributed by atoms with Gasteiger partial charge in [0.05, 0.1) is 5.69 Å². The standard InChI is InChI=1S/C7H7NO3/c9-7(10)8-5-3-1-2-4-6(5)11-7/h1-4,8-10H. The molecule has 0 unspecified atom stereocenters. The fourth-order valence-electron chi connectivity index (χ4n) is 1.01. The Morgan fingerprint density at radius 2 is 2.00 bits per heavy atom. The van der Waals surface area contributed by atoms with Gasteiger partial charge >= 0.3 is 6.10 Å². The highest BCUT2D eigenvalue weighted by Gasteiger charge is 2.33. The van der Waals surface area contributed by atoms with Gasteiger partial charge in [-0.25, -0.2) is 0 Å². The number of fused-ring (bicyclic) bond motifs is 1. The van der Waals surface area contributed by atoms with Crippen LogP contribution >= 0.6 is 0 Å². The van der Waals surface area contributed by atoms with E-state index in [1.165, 1.54) is 0 Å². The third-order valence-corrected chi connectivity index (χ3v) is 1.44. The Morgan fingerprint density at radius 1 is 1.27 bits per heavy atom. The minimum absolute atomic E-state index is 0.442. The van der Waals surface area contributed by atoms with Crippen molar-refractivity contribution in [2.45, 2.75) is 6.10 Å². The van der Waals surface area contributed by atoms with Gasteiger partial charge in [0.25, 0.3) is 0 Å². The topological polar surface area (TPSA) is 61.7 Å². The van der Waals surface area contributed by atoms with Crippen LogP contribution in [0.3, 0.4) is 0 Å². The number of nitrogens with one attached hydrogen (secondary N) is 1. The summed E-state index contributed by atoms with van der Waals surface area (Å²) in [5, 5.41) is 20.2. The molecule has 4 heteroatoms. The monoisotopic (exact) mass is 153 g/mol. The third kappa shape index (κ3) is 1.02. The molecule has 1 aromatic carbocycles. The molecular formula is C7H7NO3. The molecule has 1 aliphatic rings. The summed E-state index contributed by atoms with van der Waals surface area (Å²) in [6.45, 7) is 0. The Kier molecular flexibility index (Phi) is 1.10. The van der Waals surface area contributed by atoms with E-state index in [1.807, 2.05) is 0 Å². The number of ether oxygens (including phenoxy) is 1. The lowest BCUT2D eigenvalue weighted by Gasteiger charge is -2.12. The van der Waals surface area contributed by atoms with E-state index in [0.29, 0.717) is 11.4 Å². The second-order valence-electron chi connectivity index (χ2n) is 2.33. The van der Waals surface area contributed by atoms with Crippen LogP contribution in [0.15, 0.2) is 24.3 Å². The summed E-state index contributed by atoms with van der Waals surface area (Å²) in [5.41, 5.74) is 0.581. The number of hydrogen-bond donors (Lipinski definition) is 3. The second-order valence-corrected chi connectivity index (χ2v) is 2.33. The smallest absolute Gasteiger partial charge is 0.416 e. The molecule has 1 aromatic rings. The molecule has 0 spiro atoms. The van der Waals surface area contributed by atoms with Crippen molar-refractivity contribution >= 4 is 5.69 Å². The number of para-hydroxylation sites is 2. The number of rotatable bonds is 0. The van der Waals surface area contributed by atoms with E-state index in [0.717, 1.165) is 0 Å². The SMILES string of the molecule is OC1(O)Nc2ccccc2O1. The van der Waals surface area contributed by atoms with Gasteiger partial charge < -0.3 is 14.9 Å². The molecule has 0 radical (unpaired) electrons. The van der Waals surface area contributed by atoms with Crippen molar-refractivity contribution in [1.82, 2.24) is 0 Å². The summed E-state index contributed by atoms with van der Waals surface area (Å²) < 4.78 is 4.69. The van der Waals surface area contributed by atoms with Gasteiger partial charge in [-0.15, -0.1) is 0 Å². The van der Waals surface area contributed by atoms with Crippen molar-refractivity contribution in [3.05, 3.63) is 24.3 Å². The molecule has 0 aromatic heterocycles. The lowest BCUT2D eigenvalue weighted by atomic mass is 10.3. The van der Waals surface area contributed by atoms with Crippen LogP contribution in [-0.4, -0.2) is 16.3 Å². The molecule has 0 atom stereocenters. The molecule has 2 rings (SSSR count).